The third kappa shape index (κ3) is 1.45. The van der Waals surface area contributed by atoms with Crippen LogP contribution in [0.3, 0.4) is 0 Å². The van der Waals surface area contributed by atoms with Gasteiger partial charge in [-0.2, -0.15) is 5.10 Å². The van der Waals surface area contributed by atoms with E-state index in [0.717, 1.165) is 6.21 Å². The standard InChI is InChI=1S/C7H8N2O3/c1-4-2-6(10)5(3-9-8)7(11)12-4/h2-3,10H,8H2,1H3. The van der Waals surface area contributed by atoms with Crippen LogP contribution in [0.2, 0.25) is 0 Å². The number of hydrogen-bond donors (Lipinski definition) is 2. The third-order valence-electron chi connectivity index (χ3n) is 1.29. The predicted octanol–water partition coefficient (Wildman–Crippen LogP) is -0.0536. The summed E-state index contributed by atoms with van der Waals surface area (Å²) in [6.07, 6.45) is 1.04. The van der Waals surface area contributed by atoms with Gasteiger partial charge in [-0.25, -0.2) is 4.79 Å². The molecule has 1 heterocycles. The second-order valence-corrected chi connectivity index (χ2v) is 2.22. The van der Waals surface area contributed by atoms with Gasteiger partial charge in [-0.1, -0.05) is 0 Å². The van der Waals surface area contributed by atoms with E-state index in [-0.39, 0.29) is 11.3 Å². The molecule has 0 aliphatic rings. The van der Waals surface area contributed by atoms with Crippen molar-refractivity contribution in [3.05, 3.63) is 27.8 Å². The van der Waals surface area contributed by atoms with Gasteiger partial charge in [0.1, 0.15) is 17.1 Å². The maximum absolute atomic E-state index is 11.0. The van der Waals surface area contributed by atoms with E-state index in [9.17, 15) is 9.90 Å². The number of nitrogens with zero attached hydrogens (tertiary/aromatic N) is 1. The zero-order chi connectivity index (χ0) is 9.14. The average Bonchev–Trinajstić information content (AvgIpc) is 1.96. The molecule has 0 amide bonds. The number of hydrogen-bond acceptors (Lipinski definition) is 5. The van der Waals surface area contributed by atoms with Crippen LogP contribution in [0.1, 0.15) is 11.3 Å². The van der Waals surface area contributed by atoms with Crippen molar-refractivity contribution in [1.82, 2.24) is 0 Å². The molecule has 0 spiro atoms. The van der Waals surface area contributed by atoms with Gasteiger partial charge in [-0.3, -0.25) is 0 Å². The van der Waals surface area contributed by atoms with Crippen molar-refractivity contribution in [3.63, 3.8) is 0 Å². The van der Waals surface area contributed by atoms with Gasteiger partial charge in [0.2, 0.25) is 0 Å². The van der Waals surface area contributed by atoms with Crippen LogP contribution in [0.4, 0.5) is 0 Å². The van der Waals surface area contributed by atoms with Crippen LogP contribution in [0.25, 0.3) is 0 Å². The Morgan fingerprint density at radius 1 is 1.75 bits per heavy atom. The Kier molecular flexibility index (Phi) is 2.14. The van der Waals surface area contributed by atoms with E-state index < -0.39 is 5.63 Å². The van der Waals surface area contributed by atoms with Crippen molar-refractivity contribution in [3.8, 4) is 5.75 Å². The largest absolute Gasteiger partial charge is 0.507 e. The first kappa shape index (κ1) is 8.32. The second-order valence-electron chi connectivity index (χ2n) is 2.22. The maximum Gasteiger partial charge on any atom is 0.348 e. The van der Waals surface area contributed by atoms with E-state index in [0.29, 0.717) is 5.76 Å². The fourth-order valence-electron chi connectivity index (χ4n) is 0.799. The first-order chi connectivity index (χ1) is 5.65. The number of aromatic hydroxyl groups is 1. The highest BCUT2D eigenvalue weighted by Gasteiger charge is 2.05. The molecule has 12 heavy (non-hydrogen) atoms. The Morgan fingerprint density at radius 2 is 2.42 bits per heavy atom. The third-order valence-corrected chi connectivity index (χ3v) is 1.29. The lowest BCUT2D eigenvalue weighted by Gasteiger charge is -1.96. The molecule has 0 saturated heterocycles. The zero-order valence-corrected chi connectivity index (χ0v) is 6.44. The molecular formula is C7H8N2O3. The molecule has 0 unspecified atom stereocenters. The first-order valence-corrected chi connectivity index (χ1v) is 3.22. The fourth-order valence-corrected chi connectivity index (χ4v) is 0.799. The number of rotatable bonds is 1. The predicted molar refractivity (Wildman–Crippen MR) is 43.2 cm³/mol. The Morgan fingerprint density at radius 3 is 2.92 bits per heavy atom. The fraction of sp³-hybridized carbons (Fsp3) is 0.143. The molecule has 64 valence electrons. The molecule has 5 heteroatoms. The molecule has 5 nitrogen and oxygen atoms in total. The molecule has 0 atom stereocenters. The highest BCUT2D eigenvalue weighted by atomic mass is 16.4. The molecule has 0 saturated carbocycles. The molecule has 0 bridgehead atoms. The van der Waals surface area contributed by atoms with Gasteiger partial charge < -0.3 is 15.4 Å². The Balaban J connectivity index is 3.38. The number of aryl methyl sites for hydroxylation is 1. The van der Waals surface area contributed by atoms with Crippen LogP contribution in [0.15, 0.2) is 20.4 Å². The van der Waals surface area contributed by atoms with Crippen molar-refractivity contribution in [1.29, 1.82) is 0 Å². The lowest BCUT2D eigenvalue weighted by atomic mass is 10.2. The van der Waals surface area contributed by atoms with E-state index in [1.807, 2.05) is 0 Å². The van der Waals surface area contributed by atoms with Crippen LogP contribution < -0.4 is 11.5 Å². The van der Waals surface area contributed by atoms with Crippen LogP contribution in [-0.2, 0) is 0 Å². The second kappa shape index (κ2) is 3.08. The normalized spacial score (nSPS) is 10.8. The van der Waals surface area contributed by atoms with Gasteiger partial charge in [0.15, 0.2) is 0 Å². The molecule has 0 aromatic carbocycles. The molecular weight excluding hydrogens is 160 g/mol. The molecule has 1 aromatic rings. The lowest BCUT2D eigenvalue weighted by Crippen LogP contribution is -2.08. The van der Waals surface area contributed by atoms with Crippen molar-refractivity contribution in [2.75, 3.05) is 0 Å². The van der Waals surface area contributed by atoms with E-state index in [1.165, 1.54) is 6.07 Å². The summed E-state index contributed by atoms with van der Waals surface area (Å²) in [5.74, 6) is 4.97. The Bertz CT molecular complexity index is 367. The van der Waals surface area contributed by atoms with Gasteiger partial charge in [0, 0.05) is 6.07 Å². The minimum absolute atomic E-state index is 0.0388. The quantitative estimate of drug-likeness (QED) is 0.349. The van der Waals surface area contributed by atoms with Crippen molar-refractivity contribution in [2.24, 2.45) is 10.9 Å². The number of nitrogens with two attached hydrogens (primary N) is 1. The van der Waals surface area contributed by atoms with Crippen LogP contribution in [-0.4, -0.2) is 11.3 Å². The maximum atomic E-state index is 11.0. The molecule has 1 rings (SSSR count). The molecule has 1 aromatic heterocycles. The van der Waals surface area contributed by atoms with Gasteiger partial charge in [0.05, 0.1) is 6.21 Å². The van der Waals surface area contributed by atoms with Gasteiger partial charge in [0.25, 0.3) is 0 Å². The lowest BCUT2D eigenvalue weighted by molar-refractivity contribution is 0.433. The summed E-state index contributed by atoms with van der Waals surface area (Å²) >= 11 is 0. The number of hydrazone groups is 1. The minimum atomic E-state index is -0.651. The van der Waals surface area contributed by atoms with Gasteiger partial charge >= 0.3 is 5.63 Å². The molecule has 0 aliphatic carbocycles. The Labute approximate surface area is 68.1 Å². The van der Waals surface area contributed by atoms with Crippen molar-refractivity contribution >= 4 is 6.21 Å². The summed E-state index contributed by atoms with van der Waals surface area (Å²) in [6.45, 7) is 1.56. The summed E-state index contributed by atoms with van der Waals surface area (Å²) in [5, 5.41) is 12.3. The average molecular weight is 168 g/mol. The topological polar surface area (TPSA) is 88.8 Å². The highest BCUT2D eigenvalue weighted by molar-refractivity contribution is 5.82. The summed E-state index contributed by atoms with van der Waals surface area (Å²) < 4.78 is 4.68. The summed E-state index contributed by atoms with van der Waals surface area (Å²) in [4.78, 5) is 11.0. The summed E-state index contributed by atoms with van der Waals surface area (Å²) in [6, 6.07) is 1.32. The highest BCUT2D eigenvalue weighted by Crippen LogP contribution is 2.11. The summed E-state index contributed by atoms with van der Waals surface area (Å²) in [5.41, 5.74) is -0.690. The van der Waals surface area contributed by atoms with E-state index >= 15 is 0 Å². The van der Waals surface area contributed by atoms with Gasteiger partial charge in [-0.05, 0) is 6.92 Å². The zero-order valence-electron chi connectivity index (χ0n) is 6.44. The molecule has 0 fully saturated rings. The minimum Gasteiger partial charge on any atom is -0.507 e. The van der Waals surface area contributed by atoms with Crippen molar-refractivity contribution in [2.45, 2.75) is 6.92 Å². The van der Waals surface area contributed by atoms with Crippen molar-refractivity contribution < 1.29 is 9.52 Å². The van der Waals surface area contributed by atoms with E-state index in [2.05, 4.69) is 9.52 Å². The SMILES string of the molecule is Cc1cc(O)c(C=NN)c(=O)o1. The monoisotopic (exact) mass is 168 g/mol. The van der Waals surface area contributed by atoms with Crippen LogP contribution in [0.5, 0.6) is 5.75 Å². The molecule has 3 N–H and O–H groups in total. The van der Waals surface area contributed by atoms with E-state index in [4.69, 9.17) is 5.84 Å². The van der Waals surface area contributed by atoms with Crippen LogP contribution in [0, 0.1) is 6.92 Å². The van der Waals surface area contributed by atoms with Crippen LogP contribution >= 0.6 is 0 Å². The van der Waals surface area contributed by atoms with E-state index in [1.54, 1.807) is 6.92 Å². The first-order valence-electron chi connectivity index (χ1n) is 3.22. The van der Waals surface area contributed by atoms with Gasteiger partial charge in [-0.15, -0.1) is 0 Å². The summed E-state index contributed by atoms with van der Waals surface area (Å²) in [7, 11) is 0. The molecule has 0 radical (unpaired) electrons. The smallest absolute Gasteiger partial charge is 0.348 e. The molecule has 0 aliphatic heterocycles. The Hall–Kier alpha value is -1.78.